The van der Waals surface area contributed by atoms with Gasteiger partial charge in [0, 0.05) is 19.7 Å². The molecule has 1 aromatic carbocycles. The van der Waals surface area contributed by atoms with Gasteiger partial charge in [-0.05, 0) is 37.5 Å². The summed E-state index contributed by atoms with van der Waals surface area (Å²) in [6.07, 6.45) is 2.04. The van der Waals surface area contributed by atoms with Crippen LogP contribution < -0.4 is 20.1 Å². The fourth-order valence-corrected chi connectivity index (χ4v) is 2.38. The van der Waals surface area contributed by atoms with Gasteiger partial charge in [0.05, 0.1) is 12.7 Å². The van der Waals surface area contributed by atoms with Gasteiger partial charge in [-0.15, -0.1) is 0 Å². The predicted octanol–water partition coefficient (Wildman–Crippen LogP) is 2.66. The normalized spacial score (nSPS) is 16.9. The molecule has 0 aromatic heterocycles. The second-order valence-electron chi connectivity index (χ2n) is 5.29. The third kappa shape index (κ3) is 5.84. The molecule has 1 fully saturated rings. The molecule has 0 bridgehead atoms. The summed E-state index contributed by atoms with van der Waals surface area (Å²) >= 11 is 0. The lowest BCUT2D eigenvalue weighted by Gasteiger charge is -2.14. The van der Waals surface area contributed by atoms with Gasteiger partial charge in [-0.2, -0.15) is 8.78 Å². The van der Waals surface area contributed by atoms with Crippen LogP contribution in [-0.4, -0.2) is 38.5 Å². The molecule has 2 rings (SSSR count). The van der Waals surface area contributed by atoms with Gasteiger partial charge in [-0.25, -0.2) is 4.79 Å². The van der Waals surface area contributed by atoms with Gasteiger partial charge in [0.1, 0.15) is 0 Å². The Labute approximate surface area is 139 Å². The first-order valence-electron chi connectivity index (χ1n) is 7.92. The van der Waals surface area contributed by atoms with Crippen molar-refractivity contribution in [3.05, 3.63) is 23.8 Å². The van der Waals surface area contributed by atoms with Crippen molar-refractivity contribution in [3.8, 4) is 11.5 Å². The highest BCUT2D eigenvalue weighted by Crippen LogP contribution is 2.29. The van der Waals surface area contributed by atoms with E-state index >= 15 is 0 Å². The van der Waals surface area contributed by atoms with Crippen LogP contribution in [0.5, 0.6) is 11.5 Å². The largest absolute Gasteiger partial charge is 0.490 e. The molecule has 6 nitrogen and oxygen atoms in total. The van der Waals surface area contributed by atoms with Crippen molar-refractivity contribution in [2.24, 2.45) is 0 Å². The highest BCUT2D eigenvalue weighted by Gasteiger charge is 2.16. The number of amides is 2. The number of rotatable bonds is 8. The molecule has 1 aromatic rings. The number of nitrogens with one attached hydrogen (secondary N) is 2. The van der Waals surface area contributed by atoms with Crippen LogP contribution in [0.4, 0.5) is 13.6 Å². The molecule has 0 aliphatic carbocycles. The van der Waals surface area contributed by atoms with E-state index in [0.29, 0.717) is 18.7 Å². The maximum absolute atomic E-state index is 12.4. The first kappa shape index (κ1) is 18.3. The van der Waals surface area contributed by atoms with Crippen LogP contribution in [0.1, 0.15) is 25.3 Å². The van der Waals surface area contributed by atoms with Crippen LogP contribution in [0, 0.1) is 0 Å². The number of hydrogen-bond donors (Lipinski definition) is 2. The Balaban J connectivity index is 1.84. The molecule has 2 amide bonds. The summed E-state index contributed by atoms with van der Waals surface area (Å²) in [5.74, 6) is 0.190. The number of ether oxygens (including phenoxy) is 3. The second-order valence-corrected chi connectivity index (χ2v) is 5.29. The standard InChI is InChI=1S/C16H22F2N2O4/c1-2-22-14-8-11(5-6-13(14)24-15(17)18)9-19-16(21)20-10-12-4-3-7-23-12/h5-6,8,12,15H,2-4,7,9-10H2,1H3,(H2,19,20,21)/t12-/m1/s1. The smallest absolute Gasteiger partial charge is 0.387 e. The zero-order valence-corrected chi connectivity index (χ0v) is 13.5. The van der Waals surface area contributed by atoms with Gasteiger partial charge in [0.25, 0.3) is 0 Å². The number of halogens is 2. The zero-order valence-electron chi connectivity index (χ0n) is 13.5. The molecule has 0 saturated carbocycles. The molecule has 1 atom stereocenters. The number of urea groups is 1. The van der Waals surface area contributed by atoms with Crippen molar-refractivity contribution in [3.63, 3.8) is 0 Å². The lowest BCUT2D eigenvalue weighted by Crippen LogP contribution is -2.39. The van der Waals surface area contributed by atoms with Crippen molar-refractivity contribution in [1.82, 2.24) is 10.6 Å². The van der Waals surface area contributed by atoms with E-state index in [1.807, 2.05) is 0 Å². The van der Waals surface area contributed by atoms with E-state index in [9.17, 15) is 13.6 Å². The zero-order chi connectivity index (χ0) is 17.4. The molecule has 0 radical (unpaired) electrons. The van der Waals surface area contributed by atoms with E-state index in [-0.39, 0.29) is 30.2 Å². The van der Waals surface area contributed by atoms with Crippen LogP contribution >= 0.6 is 0 Å². The maximum atomic E-state index is 12.4. The van der Waals surface area contributed by atoms with E-state index in [4.69, 9.17) is 9.47 Å². The number of benzene rings is 1. The predicted molar refractivity (Wildman–Crippen MR) is 83.5 cm³/mol. The minimum absolute atomic E-state index is 0.0292. The fraction of sp³-hybridized carbons (Fsp3) is 0.562. The average molecular weight is 344 g/mol. The number of carbonyl (C=O) groups excluding carboxylic acids is 1. The average Bonchev–Trinajstić information content (AvgIpc) is 3.06. The summed E-state index contributed by atoms with van der Waals surface area (Å²) in [5.41, 5.74) is 0.715. The Kier molecular flexibility index (Phi) is 7.05. The minimum atomic E-state index is -2.92. The second kappa shape index (κ2) is 9.27. The summed E-state index contributed by atoms with van der Waals surface area (Å²) < 4.78 is 39.8. The summed E-state index contributed by atoms with van der Waals surface area (Å²) in [5, 5.41) is 5.44. The Hall–Kier alpha value is -2.09. The van der Waals surface area contributed by atoms with Gasteiger partial charge >= 0.3 is 12.6 Å². The Morgan fingerprint density at radius 2 is 2.21 bits per heavy atom. The van der Waals surface area contributed by atoms with E-state index in [0.717, 1.165) is 19.4 Å². The molecule has 134 valence electrons. The SMILES string of the molecule is CCOc1cc(CNC(=O)NC[C@H]2CCCO2)ccc1OC(F)F. The van der Waals surface area contributed by atoms with Crippen LogP contribution in [0.15, 0.2) is 18.2 Å². The third-order valence-electron chi connectivity index (χ3n) is 3.49. The molecule has 0 spiro atoms. The van der Waals surface area contributed by atoms with E-state index in [1.165, 1.54) is 6.07 Å². The molecule has 2 N–H and O–H groups in total. The molecule has 1 aliphatic rings. The van der Waals surface area contributed by atoms with E-state index in [1.54, 1.807) is 19.1 Å². The highest BCUT2D eigenvalue weighted by atomic mass is 19.3. The van der Waals surface area contributed by atoms with Crippen LogP contribution in [0.3, 0.4) is 0 Å². The first-order chi connectivity index (χ1) is 11.6. The summed E-state index contributed by atoms with van der Waals surface area (Å²) in [4.78, 5) is 11.8. The molecular weight excluding hydrogens is 322 g/mol. The van der Waals surface area contributed by atoms with Crippen molar-refractivity contribution in [2.45, 2.75) is 39.0 Å². The number of alkyl halides is 2. The monoisotopic (exact) mass is 344 g/mol. The maximum Gasteiger partial charge on any atom is 0.387 e. The molecule has 8 heteroatoms. The fourth-order valence-electron chi connectivity index (χ4n) is 2.38. The number of carbonyl (C=O) groups is 1. The molecule has 0 unspecified atom stereocenters. The lowest BCUT2D eigenvalue weighted by molar-refractivity contribution is -0.0514. The quantitative estimate of drug-likeness (QED) is 0.761. The van der Waals surface area contributed by atoms with E-state index in [2.05, 4.69) is 15.4 Å². The van der Waals surface area contributed by atoms with Gasteiger partial charge < -0.3 is 24.8 Å². The van der Waals surface area contributed by atoms with Crippen LogP contribution in [0.25, 0.3) is 0 Å². The number of hydrogen-bond acceptors (Lipinski definition) is 4. The summed E-state index contributed by atoms with van der Waals surface area (Å²) in [6, 6.07) is 4.26. The first-order valence-corrected chi connectivity index (χ1v) is 7.92. The van der Waals surface area contributed by atoms with Crippen molar-refractivity contribution >= 4 is 6.03 Å². The molecule has 1 aliphatic heterocycles. The van der Waals surface area contributed by atoms with Crippen LogP contribution in [0.2, 0.25) is 0 Å². The van der Waals surface area contributed by atoms with Crippen molar-refractivity contribution < 1.29 is 27.8 Å². The van der Waals surface area contributed by atoms with Gasteiger partial charge in [0.15, 0.2) is 11.5 Å². The van der Waals surface area contributed by atoms with Crippen LogP contribution in [-0.2, 0) is 11.3 Å². The molecule has 1 saturated heterocycles. The third-order valence-corrected chi connectivity index (χ3v) is 3.49. The van der Waals surface area contributed by atoms with Gasteiger partial charge in [-0.3, -0.25) is 0 Å². The van der Waals surface area contributed by atoms with Gasteiger partial charge in [0.2, 0.25) is 0 Å². The molecule has 1 heterocycles. The Morgan fingerprint density at radius 1 is 1.38 bits per heavy atom. The Bertz CT molecular complexity index is 537. The topological polar surface area (TPSA) is 68.8 Å². The molecule has 24 heavy (non-hydrogen) atoms. The minimum Gasteiger partial charge on any atom is -0.490 e. The molecular formula is C16H22F2N2O4. The Morgan fingerprint density at radius 3 is 2.88 bits per heavy atom. The summed E-state index contributed by atoms with van der Waals surface area (Å²) in [6.45, 7) is 0.593. The van der Waals surface area contributed by atoms with Crippen molar-refractivity contribution in [1.29, 1.82) is 0 Å². The van der Waals surface area contributed by atoms with Crippen molar-refractivity contribution in [2.75, 3.05) is 19.8 Å². The summed E-state index contributed by atoms with van der Waals surface area (Å²) in [7, 11) is 0. The van der Waals surface area contributed by atoms with Gasteiger partial charge in [-0.1, -0.05) is 6.07 Å². The lowest BCUT2D eigenvalue weighted by atomic mass is 10.2. The van der Waals surface area contributed by atoms with E-state index < -0.39 is 6.61 Å². The highest BCUT2D eigenvalue weighted by molar-refractivity contribution is 5.73.